The summed E-state index contributed by atoms with van der Waals surface area (Å²) in [5, 5.41) is 2.83. The number of carbonyl (C=O) groups excluding carboxylic acids is 1. The van der Waals surface area contributed by atoms with E-state index in [0.29, 0.717) is 22.7 Å². The van der Waals surface area contributed by atoms with E-state index in [1.807, 2.05) is 68.4 Å². The van der Waals surface area contributed by atoms with Crippen molar-refractivity contribution in [3.8, 4) is 17.2 Å². The molecule has 1 atom stereocenters. The molecule has 1 aliphatic rings. The molecule has 1 amide bonds. The molecule has 1 heterocycles. The second-order valence-corrected chi connectivity index (χ2v) is 5.71. The third-order valence-electron chi connectivity index (χ3n) is 3.90. The molecule has 1 aliphatic heterocycles. The first kappa shape index (κ1) is 18.3. The van der Waals surface area contributed by atoms with E-state index in [-0.39, 0.29) is 5.91 Å². The fourth-order valence-corrected chi connectivity index (χ4v) is 2.70. The van der Waals surface area contributed by atoms with E-state index in [1.54, 1.807) is 18.2 Å². The number of nitrogens with two attached hydrogens (primary N) is 1. The van der Waals surface area contributed by atoms with Crippen molar-refractivity contribution in [3.05, 3.63) is 83.9 Å². The van der Waals surface area contributed by atoms with Crippen LogP contribution in [-0.2, 0) is 0 Å². The third kappa shape index (κ3) is 4.20. The zero-order valence-corrected chi connectivity index (χ0v) is 15.3. The molecular formula is C22H22N2O3. The Hall–Kier alpha value is -3.47. The second kappa shape index (κ2) is 8.27. The Morgan fingerprint density at radius 2 is 1.67 bits per heavy atom. The summed E-state index contributed by atoms with van der Waals surface area (Å²) in [6.45, 7) is 4.00. The number of amides is 1. The van der Waals surface area contributed by atoms with Crippen molar-refractivity contribution in [1.82, 2.24) is 5.32 Å². The Labute approximate surface area is 158 Å². The number of fused-ring (bicyclic) bond motifs is 1. The minimum atomic E-state index is -0.581. The van der Waals surface area contributed by atoms with Crippen LogP contribution in [0.5, 0.6) is 17.2 Å². The molecule has 1 unspecified atom stereocenters. The van der Waals surface area contributed by atoms with Crippen LogP contribution in [0.3, 0.4) is 0 Å². The lowest BCUT2D eigenvalue weighted by Gasteiger charge is -2.27. The van der Waals surface area contributed by atoms with Crippen LogP contribution in [0.15, 0.2) is 72.8 Å². The number of hydrogen-bond donors (Lipinski definition) is 2. The summed E-state index contributed by atoms with van der Waals surface area (Å²) in [5.74, 6) is 1.71. The minimum Gasteiger partial charge on any atom is -0.466 e. The van der Waals surface area contributed by atoms with Crippen LogP contribution < -0.4 is 20.5 Å². The smallest absolute Gasteiger partial charge is 0.258 e. The molecule has 0 fully saturated rings. The molecule has 5 nitrogen and oxygen atoms in total. The predicted molar refractivity (Wildman–Crippen MR) is 106 cm³/mol. The van der Waals surface area contributed by atoms with Gasteiger partial charge in [0.2, 0.25) is 0 Å². The quantitative estimate of drug-likeness (QED) is 0.649. The first-order chi connectivity index (χ1) is 13.2. The average Bonchev–Trinajstić information content (AvgIpc) is 2.71. The van der Waals surface area contributed by atoms with Gasteiger partial charge in [-0.2, -0.15) is 0 Å². The Morgan fingerprint density at radius 1 is 0.926 bits per heavy atom. The van der Waals surface area contributed by atoms with Crippen LogP contribution in [0.1, 0.15) is 36.0 Å². The first-order valence-electron chi connectivity index (χ1n) is 8.89. The summed E-state index contributed by atoms with van der Waals surface area (Å²) >= 11 is 0. The maximum atomic E-state index is 12.3. The highest BCUT2D eigenvalue weighted by atomic mass is 16.5. The Morgan fingerprint density at radius 3 is 2.44 bits per heavy atom. The number of benzene rings is 3. The summed E-state index contributed by atoms with van der Waals surface area (Å²) in [6.07, 6.45) is -0.581. The maximum absolute atomic E-state index is 12.3. The molecule has 0 bridgehead atoms. The molecule has 0 saturated heterocycles. The van der Waals surface area contributed by atoms with Crippen molar-refractivity contribution in [3.63, 3.8) is 0 Å². The van der Waals surface area contributed by atoms with E-state index in [9.17, 15) is 4.79 Å². The molecule has 138 valence electrons. The van der Waals surface area contributed by atoms with Gasteiger partial charge < -0.3 is 20.5 Å². The SMILES string of the molecule is CC.Nc1ccc2c(c1)C(=O)NC(c1cccc(Oc3ccccc3)c1)O2. The van der Waals surface area contributed by atoms with E-state index >= 15 is 0 Å². The number of hydrogen-bond acceptors (Lipinski definition) is 4. The zero-order chi connectivity index (χ0) is 19.2. The standard InChI is InChI=1S/C20H16N2O3.C2H6/c21-14-9-10-18-17(12-14)19(23)22-20(25-18)13-5-4-8-16(11-13)24-15-6-2-1-3-7-15;1-2/h1-12,20H,21H2,(H,22,23);1-2H3. The first-order valence-corrected chi connectivity index (χ1v) is 8.89. The van der Waals surface area contributed by atoms with Crippen molar-refractivity contribution < 1.29 is 14.3 Å². The molecule has 0 radical (unpaired) electrons. The topological polar surface area (TPSA) is 73.6 Å². The van der Waals surface area contributed by atoms with Crippen LogP contribution in [0.4, 0.5) is 5.69 Å². The average molecular weight is 362 g/mol. The van der Waals surface area contributed by atoms with E-state index in [4.69, 9.17) is 15.2 Å². The molecule has 3 aromatic rings. The number of rotatable bonds is 3. The van der Waals surface area contributed by atoms with Crippen LogP contribution in [0, 0.1) is 0 Å². The maximum Gasteiger partial charge on any atom is 0.258 e. The van der Waals surface area contributed by atoms with Gasteiger partial charge in [-0.15, -0.1) is 0 Å². The van der Waals surface area contributed by atoms with E-state index < -0.39 is 6.23 Å². The number of nitrogens with one attached hydrogen (secondary N) is 1. The number of ether oxygens (including phenoxy) is 2. The number of nitrogen functional groups attached to an aromatic ring is 1. The molecule has 0 saturated carbocycles. The lowest BCUT2D eigenvalue weighted by molar-refractivity contribution is 0.0756. The Kier molecular flexibility index (Phi) is 5.61. The molecule has 4 rings (SSSR count). The van der Waals surface area contributed by atoms with Gasteiger partial charge in [-0.3, -0.25) is 4.79 Å². The fraction of sp³-hybridized carbons (Fsp3) is 0.136. The van der Waals surface area contributed by atoms with E-state index in [0.717, 1.165) is 11.3 Å². The minimum absolute atomic E-state index is 0.215. The molecule has 0 aromatic heterocycles. The van der Waals surface area contributed by atoms with Gasteiger partial charge >= 0.3 is 0 Å². The van der Waals surface area contributed by atoms with Crippen LogP contribution >= 0.6 is 0 Å². The zero-order valence-electron chi connectivity index (χ0n) is 15.3. The summed E-state index contributed by atoms with van der Waals surface area (Å²) in [7, 11) is 0. The van der Waals surface area contributed by atoms with Crippen molar-refractivity contribution in [2.24, 2.45) is 0 Å². The highest BCUT2D eigenvalue weighted by molar-refractivity contribution is 5.98. The van der Waals surface area contributed by atoms with Gasteiger partial charge in [-0.05, 0) is 42.5 Å². The van der Waals surface area contributed by atoms with Gasteiger partial charge in [0.05, 0.1) is 5.56 Å². The monoisotopic (exact) mass is 362 g/mol. The van der Waals surface area contributed by atoms with Crippen LogP contribution in [0.2, 0.25) is 0 Å². The van der Waals surface area contributed by atoms with E-state index in [1.165, 1.54) is 0 Å². The second-order valence-electron chi connectivity index (χ2n) is 5.71. The number of para-hydroxylation sites is 1. The third-order valence-corrected chi connectivity index (χ3v) is 3.90. The van der Waals surface area contributed by atoms with Crippen LogP contribution in [0.25, 0.3) is 0 Å². The van der Waals surface area contributed by atoms with Crippen LogP contribution in [-0.4, -0.2) is 5.91 Å². The van der Waals surface area contributed by atoms with Crippen molar-refractivity contribution >= 4 is 11.6 Å². The largest absolute Gasteiger partial charge is 0.466 e. The molecular weight excluding hydrogens is 340 g/mol. The lowest BCUT2D eigenvalue weighted by Crippen LogP contribution is -2.36. The summed E-state index contributed by atoms with van der Waals surface area (Å²) in [6, 6.07) is 22.0. The number of anilines is 1. The molecule has 27 heavy (non-hydrogen) atoms. The molecule has 0 spiro atoms. The van der Waals surface area contributed by atoms with Gasteiger partial charge in [0.15, 0.2) is 6.23 Å². The Balaban J connectivity index is 0.00000102. The molecule has 3 aromatic carbocycles. The van der Waals surface area contributed by atoms with Gasteiger partial charge in [0, 0.05) is 11.3 Å². The number of carbonyl (C=O) groups is 1. The summed E-state index contributed by atoms with van der Waals surface area (Å²) < 4.78 is 11.7. The van der Waals surface area contributed by atoms with Gasteiger partial charge in [0.1, 0.15) is 17.2 Å². The van der Waals surface area contributed by atoms with E-state index in [2.05, 4.69) is 5.32 Å². The highest BCUT2D eigenvalue weighted by Gasteiger charge is 2.27. The molecule has 3 N–H and O–H groups in total. The summed E-state index contributed by atoms with van der Waals surface area (Å²) in [5.41, 5.74) is 7.49. The molecule has 0 aliphatic carbocycles. The molecule has 5 heteroatoms. The van der Waals surface area contributed by atoms with Crippen molar-refractivity contribution in [1.29, 1.82) is 0 Å². The van der Waals surface area contributed by atoms with Crippen molar-refractivity contribution in [2.75, 3.05) is 5.73 Å². The van der Waals surface area contributed by atoms with Gasteiger partial charge in [-0.1, -0.05) is 44.2 Å². The normalized spacial score (nSPS) is 14.7. The van der Waals surface area contributed by atoms with Gasteiger partial charge in [-0.25, -0.2) is 0 Å². The lowest BCUT2D eigenvalue weighted by atomic mass is 10.1. The predicted octanol–water partition coefficient (Wildman–Crippen LogP) is 4.91. The Bertz CT molecular complexity index is 926. The van der Waals surface area contributed by atoms with Gasteiger partial charge in [0.25, 0.3) is 5.91 Å². The van der Waals surface area contributed by atoms with Crippen molar-refractivity contribution in [2.45, 2.75) is 20.1 Å². The summed E-state index contributed by atoms with van der Waals surface area (Å²) in [4.78, 5) is 12.3. The highest BCUT2D eigenvalue weighted by Crippen LogP contribution is 2.32. The fourth-order valence-electron chi connectivity index (χ4n) is 2.70.